The maximum absolute atomic E-state index is 5.88. The predicted octanol–water partition coefficient (Wildman–Crippen LogP) is 1.99. The number of nitrogens with two attached hydrogens (primary N) is 1. The smallest absolute Gasteiger partial charge is 0.122 e. The van der Waals surface area contributed by atoms with Gasteiger partial charge in [0.05, 0.1) is 7.11 Å². The molecule has 17 heavy (non-hydrogen) atoms. The van der Waals surface area contributed by atoms with Gasteiger partial charge in [-0.2, -0.15) is 0 Å². The Morgan fingerprint density at radius 2 is 1.94 bits per heavy atom. The third kappa shape index (κ3) is 6.51. The summed E-state index contributed by atoms with van der Waals surface area (Å²) in [6.45, 7) is 5.77. The van der Waals surface area contributed by atoms with Crippen molar-refractivity contribution in [3.8, 4) is 5.75 Å². The Labute approximate surface area is 110 Å². The highest BCUT2D eigenvalue weighted by atomic mass is 35.5. The molecule has 0 aliphatic rings. The zero-order chi connectivity index (χ0) is 12.0. The Bertz CT molecular complexity index is 323. The van der Waals surface area contributed by atoms with Gasteiger partial charge in [-0.15, -0.1) is 12.4 Å². The maximum Gasteiger partial charge on any atom is 0.122 e. The first-order valence-corrected chi connectivity index (χ1v) is 5.64. The van der Waals surface area contributed by atoms with Gasteiger partial charge < -0.3 is 15.8 Å². The fourth-order valence-corrected chi connectivity index (χ4v) is 1.54. The summed E-state index contributed by atoms with van der Waals surface area (Å²) in [6, 6.07) is 8.10. The quantitative estimate of drug-likeness (QED) is 0.768. The molecule has 0 heterocycles. The summed E-state index contributed by atoms with van der Waals surface area (Å²) < 4.78 is 5.29. The van der Waals surface area contributed by atoms with Gasteiger partial charge in [-0.1, -0.05) is 18.2 Å². The van der Waals surface area contributed by atoms with Crippen molar-refractivity contribution in [2.24, 2.45) is 5.73 Å². The third-order valence-electron chi connectivity index (χ3n) is 2.34. The first-order valence-electron chi connectivity index (χ1n) is 5.64. The molecule has 0 saturated carbocycles. The lowest BCUT2D eigenvalue weighted by atomic mass is 10.1. The largest absolute Gasteiger partial charge is 0.496 e. The van der Waals surface area contributed by atoms with Crippen molar-refractivity contribution in [1.82, 2.24) is 5.32 Å². The highest BCUT2D eigenvalue weighted by molar-refractivity contribution is 5.85. The van der Waals surface area contributed by atoms with E-state index in [-0.39, 0.29) is 17.9 Å². The zero-order valence-electron chi connectivity index (χ0n) is 10.8. The van der Waals surface area contributed by atoms with E-state index in [1.165, 1.54) is 5.56 Å². The molecule has 3 N–H and O–H groups in total. The fraction of sp³-hybridized carbons (Fsp3) is 0.538. The van der Waals surface area contributed by atoms with Gasteiger partial charge in [0.2, 0.25) is 0 Å². The van der Waals surface area contributed by atoms with Gasteiger partial charge in [-0.3, -0.25) is 0 Å². The number of rotatable bonds is 6. The van der Waals surface area contributed by atoms with Crippen LogP contribution < -0.4 is 15.8 Å². The molecule has 98 valence electrons. The number of hydrogen-bond acceptors (Lipinski definition) is 3. The van der Waals surface area contributed by atoms with Crippen LogP contribution in [0.3, 0.4) is 0 Å². The number of halogens is 1. The van der Waals surface area contributed by atoms with Crippen LogP contribution in [0.4, 0.5) is 0 Å². The predicted molar refractivity (Wildman–Crippen MR) is 75.1 cm³/mol. The van der Waals surface area contributed by atoms with Gasteiger partial charge in [0, 0.05) is 12.1 Å². The Morgan fingerprint density at radius 1 is 1.29 bits per heavy atom. The number of para-hydroxylation sites is 1. The normalized spacial score (nSPS) is 10.8. The standard InChI is InChI=1S/C13H22N2O.ClH/c1-13(2,14)10-15-9-8-11-6-4-5-7-12(11)16-3;/h4-7,15H,8-10,14H2,1-3H3;1H. The third-order valence-corrected chi connectivity index (χ3v) is 2.34. The Kier molecular flexibility index (Phi) is 7.19. The minimum atomic E-state index is -0.152. The molecule has 1 aromatic rings. The summed E-state index contributed by atoms with van der Waals surface area (Å²) in [5, 5.41) is 3.34. The lowest BCUT2D eigenvalue weighted by Crippen LogP contribution is -2.43. The first kappa shape index (κ1) is 16.2. The van der Waals surface area contributed by atoms with Crippen LogP contribution in [0.25, 0.3) is 0 Å². The molecule has 1 aromatic carbocycles. The molecule has 0 aromatic heterocycles. The van der Waals surface area contributed by atoms with Gasteiger partial charge in [-0.25, -0.2) is 0 Å². The van der Waals surface area contributed by atoms with E-state index in [0.717, 1.165) is 25.3 Å². The second-order valence-corrected chi connectivity index (χ2v) is 4.73. The summed E-state index contributed by atoms with van der Waals surface area (Å²) >= 11 is 0. The Hall–Kier alpha value is -0.770. The lowest BCUT2D eigenvalue weighted by Gasteiger charge is -2.19. The minimum absolute atomic E-state index is 0. The SMILES string of the molecule is COc1ccccc1CCNCC(C)(C)N.Cl. The number of nitrogens with one attached hydrogen (secondary N) is 1. The topological polar surface area (TPSA) is 47.3 Å². The van der Waals surface area contributed by atoms with E-state index in [0.29, 0.717) is 0 Å². The zero-order valence-corrected chi connectivity index (χ0v) is 11.6. The van der Waals surface area contributed by atoms with Gasteiger partial charge in [-0.05, 0) is 38.4 Å². The number of hydrogen-bond donors (Lipinski definition) is 2. The molecule has 0 aliphatic heterocycles. The summed E-state index contributed by atoms with van der Waals surface area (Å²) in [4.78, 5) is 0. The van der Waals surface area contributed by atoms with Crippen molar-refractivity contribution in [2.75, 3.05) is 20.2 Å². The molecule has 0 bridgehead atoms. The van der Waals surface area contributed by atoms with Gasteiger partial charge in [0.1, 0.15) is 5.75 Å². The molecule has 1 rings (SSSR count). The van der Waals surface area contributed by atoms with Crippen molar-refractivity contribution in [3.05, 3.63) is 29.8 Å². The van der Waals surface area contributed by atoms with Crippen LogP contribution in [0.15, 0.2) is 24.3 Å². The second kappa shape index (κ2) is 7.54. The van der Waals surface area contributed by atoms with E-state index in [1.807, 2.05) is 32.0 Å². The Morgan fingerprint density at radius 3 is 2.53 bits per heavy atom. The fourth-order valence-electron chi connectivity index (χ4n) is 1.54. The molecule has 0 radical (unpaired) electrons. The molecule has 0 amide bonds. The molecule has 4 heteroatoms. The molecule has 0 aliphatic carbocycles. The van der Waals surface area contributed by atoms with Crippen molar-refractivity contribution >= 4 is 12.4 Å². The van der Waals surface area contributed by atoms with Crippen LogP contribution in [0.2, 0.25) is 0 Å². The summed E-state index contributed by atoms with van der Waals surface area (Å²) in [6.07, 6.45) is 0.958. The van der Waals surface area contributed by atoms with E-state index in [2.05, 4.69) is 11.4 Å². The highest BCUT2D eigenvalue weighted by Crippen LogP contribution is 2.17. The van der Waals surface area contributed by atoms with Crippen molar-refractivity contribution in [1.29, 1.82) is 0 Å². The number of ether oxygens (including phenoxy) is 1. The summed E-state index contributed by atoms with van der Waals surface area (Å²) in [7, 11) is 1.70. The van der Waals surface area contributed by atoms with E-state index < -0.39 is 0 Å². The average Bonchev–Trinajstić information content (AvgIpc) is 2.23. The molecular formula is C13H23ClN2O. The summed E-state index contributed by atoms with van der Waals surface area (Å²) in [5.41, 5.74) is 6.96. The van der Waals surface area contributed by atoms with Crippen molar-refractivity contribution in [3.63, 3.8) is 0 Å². The molecule has 0 unspecified atom stereocenters. The molecule has 3 nitrogen and oxygen atoms in total. The lowest BCUT2D eigenvalue weighted by molar-refractivity contribution is 0.408. The van der Waals surface area contributed by atoms with E-state index in [9.17, 15) is 0 Å². The van der Waals surface area contributed by atoms with Gasteiger partial charge >= 0.3 is 0 Å². The summed E-state index contributed by atoms with van der Waals surface area (Å²) in [5.74, 6) is 0.955. The van der Waals surface area contributed by atoms with Crippen LogP contribution in [-0.2, 0) is 6.42 Å². The van der Waals surface area contributed by atoms with Crippen LogP contribution in [0, 0.1) is 0 Å². The molecule has 0 fully saturated rings. The molecule has 0 saturated heterocycles. The highest BCUT2D eigenvalue weighted by Gasteiger charge is 2.09. The molecule has 0 spiro atoms. The van der Waals surface area contributed by atoms with Crippen molar-refractivity contribution < 1.29 is 4.74 Å². The van der Waals surface area contributed by atoms with Crippen LogP contribution >= 0.6 is 12.4 Å². The van der Waals surface area contributed by atoms with E-state index in [1.54, 1.807) is 7.11 Å². The number of benzene rings is 1. The minimum Gasteiger partial charge on any atom is -0.496 e. The van der Waals surface area contributed by atoms with E-state index >= 15 is 0 Å². The monoisotopic (exact) mass is 258 g/mol. The van der Waals surface area contributed by atoms with Crippen LogP contribution in [-0.4, -0.2) is 25.7 Å². The second-order valence-electron chi connectivity index (χ2n) is 4.73. The molecular weight excluding hydrogens is 236 g/mol. The van der Waals surface area contributed by atoms with E-state index in [4.69, 9.17) is 10.5 Å². The molecule has 0 atom stereocenters. The first-order chi connectivity index (χ1) is 7.53. The average molecular weight is 259 g/mol. The number of methoxy groups -OCH3 is 1. The van der Waals surface area contributed by atoms with Gasteiger partial charge in [0.25, 0.3) is 0 Å². The van der Waals surface area contributed by atoms with Crippen molar-refractivity contribution in [2.45, 2.75) is 25.8 Å². The maximum atomic E-state index is 5.88. The van der Waals surface area contributed by atoms with Crippen LogP contribution in [0.5, 0.6) is 5.75 Å². The van der Waals surface area contributed by atoms with Gasteiger partial charge in [0.15, 0.2) is 0 Å². The Balaban J connectivity index is 0.00000256. The van der Waals surface area contributed by atoms with Crippen LogP contribution in [0.1, 0.15) is 19.4 Å².